The van der Waals surface area contributed by atoms with Crippen molar-refractivity contribution >= 4 is 34.9 Å². The van der Waals surface area contributed by atoms with Crippen molar-refractivity contribution < 1.29 is 40.5 Å². The fourth-order valence-electron chi connectivity index (χ4n) is 3.85. The van der Waals surface area contributed by atoms with Crippen molar-refractivity contribution in [1.29, 1.82) is 5.26 Å². The predicted octanol–water partition coefficient (Wildman–Crippen LogP) is 0.118. The van der Waals surface area contributed by atoms with Crippen LogP contribution in [0, 0.1) is 18.3 Å². The molecule has 196 valence electrons. The van der Waals surface area contributed by atoms with Crippen LogP contribution in [0.5, 0.6) is 0 Å². The van der Waals surface area contributed by atoms with Gasteiger partial charge >= 0.3 is 191 Å². The number of carbonyl (C=O) groups is 2. The molecule has 1 saturated heterocycles. The first kappa shape index (κ1) is 26.6. The average molecular weight is 618 g/mol. The average Bonchev–Trinajstić information content (AvgIpc) is 3.23. The van der Waals surface area contributed by atoms with Gasteiger partial charge < -0.3 is 4.74 Å². The molecule has 1 unspecified atom stereocenters. The Morgan fingerprint density at radius 2 is 2.08 bits per heavy atom. The zero-order valence-corrected chi connectivity index (χ0v) is 23.5. The molecule has 2 amide bonds. The van der Waals surface area contributed by atoms with Crippen LogP contribution in [-0.2, 0) is 14.3 Å². The molecule has 0 aliphatic carbocycles. The summed E-state index contributed by atoms with van der Waals surface area (Å²) in [6, 6.07) is 10.2. The number of morpholine rings is 1. The van der Waals surface area contributed by atoms with Gasteiger partial charge in [0.2, 0.25) is 0 Å². The number of hydrogen-bond acceptors (Lipinski definition) is 9. The van der Waals surface area contributed by atoms with E-state index in [1.807, 2.05) is 31.2 Å². The number of halogens is 1. The van der Waals surface area contributed by atoms with Crippen molar-refractivity contribution in [3.05, 3.63) is 47.5 Å². The van der Waals surface area contributed by atoms with Crippen LogP contribution < -0.4 is 35.2 Å². The third kappa shape index (κ3) is 5.94. The number of carbonyl (C=O) groups excluding carboxylic acids is 2. The van der Waals surface area contributed by atoms with Gasteiger partial charge in [0, 0.05) is 0 Å². The van der Waals surface area contributed by atoms with Crippen molar-refractivity contribution in [2.24, 2.45) is 0 Å². The van der Waals surface area contributed by atoms with Crippen LogP contribution in [0.1, 0.15) is 32.0 Å². The second-order valence-electron chi connectivity index (χ2n) is 9.43. The molecule has 2 aliphatic rings. The van der Waals surface area contributed by atoms with Crippen LogP contribution in [0.15, 0.2) is 36.3 Å². The molecule has 2 N–H and O–H groups in total. The molecule has 0 radical (unpaired) electrons. The Bertz CT molecular complexity index is 1280. The predicted molar refractivity (Wildman–Crippen MR) is 134 cm³/mol. The van der Waals surface area contributed by atoms with E-state index in [0.717, 1.165) is 11.4 Å². The summed E-state index contributed by atoms with van der Waals surface area (Å²) in [6.45, 7) is 7.74. The van der Waals surface area contributed by atoms with Crippen molar-refractivity contribution in [3.8, 4) is 6.07 Å². The second-order valence-corrected chi connectivity index (χ2v) is 11.4. The van der Waals surface area contributed by atoms with Crippen molar-refractivity contribution in [2.45, 2.75) is 39.4 Å². The Hall–Kier alpha value is -3.44. The third-order valence-corrected chi connectivity index (χ3v) is 7.50. The molecule has 0 bridgehead atoms. The summed E-state index contributed by atoms with van der Waals surface area (Å²) in [4.78, 5) is 37.7. The van der Waals surface area contributed by atoms with Crippen LogP contribution in [0.3, 0.4) is 0 Å². The second kappa shape index (κ2) is 10.9. The molecule has 3 heterocycles. The van der Waals surface area contributed by atoms with Gasteiger partial charge in [-0.25, -0.2) is 4.79 Å². The van der Waals surface area contributed by atoms with Gasteiger partial charge in [-0.2, -0.15) is 0 Å². The number of aromatic nitrogens is 2. The normalized spacial score (nSPS) is 18.5. The Labute approximate surface area is 226 Å². The summed E-state index contributed by atoms with van der Waals surface area (Å²) >= 11 is -0.428. The molecule has 0 spiro atoms. The molecular weight excluding hydrogens is 589 g/mol. The Morgan fingerprint density at radius 3 is 2.78 bits per heavy atom. The number of nitrogens with zero attached hydrogens (tertiary/aromatic N) is 5. The van der Waals surface area contributed by atoms with Crippen molar-refractivity contribution in [2.75, 3.05) is 38.4 Å². The van der Waals surface area contributed by atoms with E-state index in [0.29, 0.717) is 29.2 Å². The molecule has 11 nitrogen and oxygen atoms in total. The zero-order chi connectivity index (χ0) is 26.7. The van der Waals surface area contributed by atoms with E-state index >= 15 is 0 Å². The first-order valence-electron chi connectivity index (χ1n) is 11.7. The van der Waals surface area contributed by atoms with E-state index in [9.17, 15) is 14.9 Å². The zero-order valence-electron chi connectivity index (χ0n) is 21.3. The minimum absolute atomic E-state index is 0.0459. The number of allylic oxidation sites excluding steroid dienone is 1. The van der Waals surface area contributed by atoms with Gasteiger partial charge in [-0.15, -0.1) is 0 Å². The number of para-hydroxylation sites is 2. The first-order chi connectivity index (χ1) is 17.6. The third-order valence-electron chi connectivity index (χ3n) is 5.54. The fourth-order valence-corrected chi connectivity index (χ4v) is 5.63. The number of nitriles is 1. The van der Waals surface area contributed by atoms with E-state index in [4.69, 9.17) is 9.47 Å². The van der Waals surface area contributed by atoms with Gasteiger partial charge in [-0.3, -0.25) is 0 Å². The van der Waals surface area contributed by atoms with Gasteiger partial charge in [0.25, 0.3) is 0 Å². The number of aryl methyl sites for hydroxylation is 1. The topological polar surface area (TPSA) is 133 Å². The minimum atomic E-state index is -0.908. The van der Waals surface area contributed by atoms with Gasteiger partial charge in [-0.1, -0.05) is 0 Å². The van der Waals surface area contributed by atoms with Crippen molar-refractivity contribution in [3.63, 3.8) is 0 Å². The summed E-state index contributed by atoms with van der Waals surface area (Å²) in [5.74, 6) is 0.230. The summed E-state index contributed by atoms with van der Waals surface area (Å²) in [6.07, 6.45) is 0.161. The fraction of sp³-hybridized carbons (Fsp3) is 0.400. The van der Waals surface area contributed by atoms with Crippen LogP contribution in [-0.4, -0.2) is 63.2 Å². The number of nitrogens with one attached hydrogen (secondary N) is 2. The van der Waals surface area contributed by atoms with Gasteiger partial charge in [-0.05, 0) is 20.8 Å². The van der Waals surface area contributed by atoms with E-state index < -0.39 is 45.2 Å². The Balaban J connectivity index is 1.54. The maximum atomic E-state index is 13.0. The molecule has 0 saturated carbocycles. The van der Waals surface area contributed by atoms with Crippen LogP contribution >= 0.6 is 0 Å². The summed E-state index contributed by atoms with van der Waals surface area (Å²) in [5.41, 5.74) is 2.78. The molecule has 37 heavy (non-hydrogen) atoms. The number of ether oxygens (including phenoxy) is 2. The number of benzene rings is 1. The number of fused-ring (bicyclic) bond motifs is 1. The van der Waals surface area contributed by atoms with Crippen LogP contribution in [0.4, 0.5) is 22.1 Å². The van der Waals surface area contributed by atoms with E-state index in [-0.39, 0.29) is 19.1 Å². The SMILES string of the molecule is C[I-]N1/C(=C(\C#N)c2nc(NC(=O)C3CN(C(=O)OC(C)(C)C)CCO3)ncc2C)Nc2ccccc21. The molecule has 2 aliphatic heterocycles. The molecular formula is C25H29IN7O4-. The van der Waals surface area contributed by atoms with Gasteiger partial charge in [0.1, 0.15) is 5.60 Å². The summed E-state index contributed by atoms with van der Waals surface area (Å²) in [7, 11) is 0. The summed E-state index contributed by atoms with van der Waals surface area (Å²) in [5, 5.41) is 16.1. The maximum absolute atomic E-state index is 13.0. The number of rotatable bonds is 4. The number of amides is 2. The standard InChI is InChI=1S/C25H29IN7O4/c1-15-13-28-23(31-22(34)19-14-32(10-11-36-19)24(35)37-25(2,3)4)30-20(15)16(12-27)21-29-17-8-6-7-9-18(17)33(21)26-5/h6-9,13,19,29H,10-11,14H2,1-5H3,(H,28,30,31,34)/q-1/b21-16+. The van der Waals surface area contributed by atoms with Gasteiger partial charge in [0.05, 0.1) is 0 Å². The molecule has 1 aromatic heterocycles. The first-order valence-corrected chi connectivity index (χ1v) is 14.8. The number of hydrogen-bond donors (Lipinski definition) is 2. The van der Waals surface area contributed by atoms with E-state index in [1.165, 1.54) is 4.90 Å². The number of anilines is 3. The van der Waals surface area contributed by atoms with Crippen LogP contribution in [0.25, 0.3) is 5.57 Å². The quantitative estimate of drug-likeness (QED) is 0.212. The monoisotopic (exact) mass is 618 g/mol. The van der Waals surface area contributed by atoms with E-state index in [2.05, 4.69) is 34.7 Å². The summed E-state index contributed by atoms with van der Waals surface area (Å²) < 4.78 is 13.1. The van der Waals surface area contributed by atoms with Crippen LogP contribution in [0.2, 0.25) is 0 Å². The van der Waals surface area contributed by atoms with Crippen molar-refractivity contribution in [1.82, 2.24) is 14.9 Å². The molecule has 1 aromatic carbocycles. The molecule has 2 aromatic rings. The molecule has 1 atom stereocenters. The Kier molecular flexibility index (Phi) is 7.84. The van der Waals surface area contributed by atoms with Gasteiger partial charge in [0.15, 0.2) is 0 Å². The molecule has 12 heteroatoms. The number of alkyl halides is 1. The Morgan fingerprint density at radius 1 is 1.32 bits per heavy atom. The molecule has 1 fully saturated rings. The van der Waals surface area contributed by atoms with E-state index in [1.54, 1.807) is 27.0 Å². The molecule has 4 rings (SSSR count).